The first-order chi connectivity index (χ1) is 11.1. The normalized spacial score (nSPS) is 11.9. The van der Waals surface area contributed by atoms with E-state index in [1.807, 2.05) is 36.4 Å². The Morgan fingerprint density at radius 3 is 2.57 bits per heavy atom. The van der Waals surface area contributed by atoms with Gasteiger partial charge in [-0.2, -0.15) is 10.4 Å². The van der Waals surface area contributed by atoms with E-state index in [9.17, 15) is 10.4 Å². The number of aliphatic hydroxyl groups excluding tert-OH is 1. The molecular weight excluding hydrogens is 292 g/mol. The summed E-state index contributed by atoms with van der Waals surface area (Å²) in [6.07, 6.45) is 1.73. The van der Waals surface area contributed by atoms with Crippen LogP contribution >= 0.6 is 0 Å². The Hall–Kier alpha value is -3.33. The summed E-state index contributed by atoms with van der Waals surface area (Å²) in [5.74, 6) is 0.355. The molecule has 0 aliphatic rings. The molecule has 6 heteroatoms. The summed E-state index contributed by atoms with van der Waals surface area (Å²) in [7, 11) is 0. The van der Waals surface area contributed by atoms with Crippen molar-refractivity contribution in [2.24, 2.45) is 0 Å². The number of oxazole rings is 1. The quantitative estimate of drug-likeness (QED) is 0.591. The summed E-state index contributed by atoms with van der Waals surface area (Å²) in [4.78, 5) is 4.10. The zero-order valence-electron chi connectivity index (χ0n) is 12.7. The maximum atomic E-state index is 10.4. The van der Waals surface area contributed by atoms with Gasteiger partial charge in [-0.1, -0.05) is 18.2 Å². The molecule has 1 aromatic carbocycles. The Morgan fingerprint density at radius 1 is 1.22 bits per heavy atom. The molecule has 0 spiro atoms. The van der Waals surface area contributed by atoms with Crippen LogP contribution in [0.3, 0.4) is 0 Å². The van der Waals surface area contributed by atoms with Gasteiger partial charge in [0.25, 0.3) is 0 Å². The first-order valence-corrected chi connectivity index (χ1v) is 6.99. The van der Waals surface area contributed by atoms with Crippen LogP contribution in [-0.4, -0.2) is 19.9 Å². The molecule has 0 aliphatic carbocycles. The van der Waals surface area contributed by atoms with Crippen LogP contribution in [0.2, 0.25) is 0 Å². The second-order valence-electron chi connectivity index (χ2n) is 4.96. The van der Waals surface area contributed by atoms with Crippen LogP contribution in [-0.2, 0) is 0 Å². The molecule has 3 rings (SSSR count). The van der Waals surface area contributed by atoms with Crippen molar-refractivity contribution in [3.63, 3.8) is 0 Å². The highest BCUT2D eigenvalue weighted by Gasteiger charge is 2.19. The van der Waals surface area contributed by atoms with E-state index in [4.69, 9.17) is 4.42 Å². The van der Waals surface area contributed by atoms with E-state index < -0.39 is 0 Å². The molecule has 0 fully saturated rings. The highest BCUT2D eigenvalue weighted by Crippen LogP contribution is 2.26. The van der Waals surface area contributed by atoms with Gasteiger partial charge >= 0.3 is 0 Å². The SMILES string of the molecule is Cc1nc(C)c(C(O)=C(C#N)c2ccn(-c3ccccc3)n2)o1. The molecule has 3 aromatic rings. The van der Waals surface area contributed by atoms with Crippen molar-refractivity contribution < 1.29 is 9.52 Å². The average molecular weight is 306 g/mol. The van der Waals surface area contributed by atoms with Crippen molar-refractivity contribution in [1.82, 2.24) is 14.8 Å². The fourth-order valence-corrected chi connectivity index (χ4v) is 2.28. The highest BCUT2D eigenvalue weighted by molar-refractivity contribution is 5.92. The van der Waals surface area contributed by atoms with Crippen LogP contribution in [0, 0.1) is 25.2 Å². The lowest BCUT2D eigenvalue weighted by atomic mass is 10.1. The first-order valence-electron chi connectivity index (χ1n) is 6.99. The number of nitriles is 1. The minimum Gasteiger partial charge on any atom is -0.503 e. The monoisotopic (exact) mass is 306 g/mol. The molecule has 6 nitrogen and oxygen atoms in total. The number of aryl methyl sites for hydroxylation is 2. The lowest BCUT2D eigenvalue weighted by Gasteiger charge is -2.01. The molecule has 0 unspecified atom stereocenters. The number of para-hydroxylation sites is 1. The topological polar surface area (TPSA) is 87.9 Å². The van der Waals surface area contributed by atoms with Gasteiger partial charge in [0.05, 0.1) is 11.4 Å². The molecule has 0 saturated heterocycles. The van der Waals surface area contributed by atoms with E-state index in [-0.39, 0.29) is 17.1 Å². The number of hydrogen-bond acceptors (Lipinski definition) is 5. The van der Waals surface area contributed by atoms with E-state index in [2.05, 4.69) is 10.1 Å². The smallest absolute Gasteiger partial charge is 0.193 e. The number of hydrogen-bond donors (Lipinski definition) is 1. The first kappa shape index (κ1) is 14.6. The number of aliphatic hydroxyl groups is 1. The zero-order valence-corrected chi connectivity index (χ0v) is 12.7. The molecule has 0 bridgehead atoms. The van der Waals surface area contributed by atoms with Crippen LogP contribution in [0.15, 0.2) is 47.0 Å². The molecule has 0 saturated carbocycles. The predicted octanol–water partition coefficient (Wildman–Crippen LogP) is 3.43. The Labute approximate surface area is 132 Å². The molecular formula is C17H14N4O2. The summed E-state index contributed by atoms with van der Waals surface area (Å²) < 4.78 is 7.00. The lowest BCUT2D eigenvalue weighted by molar-refractivity contribution is 0.445. The molecule has 1 N–H and O–H groups in total. The van der Waals surface area contributed by atoms with Gasteiger partial charge in [-0.3, -0.25) is 0 Å². The Bertz CT molecular complexity index is 914. The number of aromatic nitrogens is 3. The molecule has 2 aromatic heterocycles. The third-order valence-electron chi connectivity index (χ3n) is 3.33. The highest BCUT2D eigenvalue weighted by atomic mass is 16.4. The summed E-state index contributed by atoms with van der Waals surface area (Å²) in [5.41, 5.74) is 1.79. The van der Waals surface area contributed by atoms with Crippen molar-refractivity contribution in [2.75, 3.05) is 0 Å². The molecule has 114 valence electrons. The Kier molecular flexibility index (Phi) is 3.69. The fourth-order valence-electron chi connectivity index (χ4n) is 2.28. The largest absolute Gasteiger partial charge is 0.503 e. The van der Waals surface area contributed by atoms with E-state index in [1.54, 1.807) is 30.8 Å². The Balaban J connectivity index is 2.06. The number of allylic oxidation sites excluding steroid dienone is 1. The predicted molar refractivity (Wildman–Crippen MR) is 84.6 cm³/mol. The van der Waals surface area contributed by atoms with Gasteiger partial charge in [-0.15, -0.1) is 0 Å². The van der Waals surface area contributed by atoms with Gasteiger partial charge in [-0.05, 0) is 25.1 Å². The van der Waals surface area contributed by atoms with Crippen LogP contribution in [0.1, 0.15) is 23.0 Å². The van der Waals surface area contributed by atoms with E-state index >= 15 is 0 Å². The average Bonchev–Trinajstić information content (AvgIpc) is 3.15. The molecule has 23 heavy (non-hydrogen) atoms. The maximum absolute atomic E-state index is 10.4. The van der Waals surface area contributed by atoms with Crippen LogP contribution in [0.5, 0.6) is 0 Å². The van der Waals surface area contributed by atoms with Gasteiger partial charge < -0.3 is 9.52 Å². The van der Waals surface area contributed by atoms with Crippen molar-refractivity contribution >= 4 is 11.3 Å². The second kappa shape index (κ2) is 5.81. The number of rotatable bonds is 3. The molecule has 0 atom stereocenters. The third-order valence-corrected chi connectivity index (χ3v) is 3.33. The minimum atomic E-state index is -0.260. The van der Waals surface area contributed by atoms with E-state index in [1.165, 1.54) is 0 Å². The fraction of sp³-hybridized carbons (Fsp3) is 0.118. The van der Waals surface area contributed by atoms with Crippen molar-refractivity contribution in [2.45, 2.75) is 13.8 Å². The second-order valence-corrected chi connectivity index (χ2v) is 4.96. The maximum Gasteiger partial charge on any atom is 0.193 e. The van der Waals surface area contributed by atoms with Crippen molar-refractivity contribution in [1.29, 1.82) is 5.26 Å². The van der Waals surface area contributed by atoms with Crippen molar-refractivity contribution in [3.8, 4) is 11.8 Å². The number of nitrogens with zero attached hydrogens (tertiary/aromatic N) is 4. The standard InChI is InChI=1S/C17H14N4O2/c1-11-17(23-12(2)19-11)16(22)14(10-18)15-8-9-21(20-15)13-6-4-3-5-7-13/h3-9,22H,1-2H3. The molecule has 0 aliphatic heterocycles. The van der Waals surface area contributed by atoms with Gasteiger partial charge in [0, 0.05) is 13.1 Å². The van der Waals surface area contributed by atoms with E-state index in [0.29, 0.717) is 17.3 Å². The van der Waals surface area contributed by atoms with Gasteiger partial charge in [0.15, 0.2) is 17.4 Å². The van der Waals surface area contributed by atoms with Gasteiger partial charge in [0.2, 0.25) is 0 Å². The number of benzene rings is 1. The van der Waals surface area contributed by atoms with Crippen molar-refractivity contribution in [3.05, 3.63) is 65.6 Å². The Morgan fingerprint density at radius 2 is 1.96 bits per heavy atom. The minimum absolute atomic E-state index is 0.0407. The summed E-state index contributed by atoms with van der Waals surface area (Å²) in [5, 5.41) is 24.1. The lowest BCUT2D eigenvalue weighted by Crippen LogP contribution is -1.97. The van der Waals surface area contributed by atoms with Gasteiger partial charge in [0.1, 0.15) is 17.3 Å². The zero-order chi connectivity index (χ0) is 16.4. The summed E-state index contributed by atoms with van der Waals surface area (Å²) in [6, 6.07) is 13.2. The molecule has 0 radical (unpaired) electrons. The third kappa shape index (κ3) is 2.72. The van der Waals surface area contributed by atoms with Crippen LogP contribution in [0.25, 0.3) is 17.0 Å². The van der Waals surface area contributed by atoms with Crippen LogP contribution < -0.4 is 0 Å². The van der Waals surface area contributed by atoms with Crippen LogP contribution in [0.4, 0.5) is 0 Å². The summed E-state index contributed by atoms with van der Waals surface area (Å²) in [6.45, 7) is 3.39. The van der Waals surface area contributed by atoms with Gasteiger partial charge in [-0.25, -0.2) is 9.67 Å². The molecule has 2 heterocycles. The summed E-state index contributed by atoms with van der Waals surface area (Å²) >= 11 is 0. The molecule has 0 amide bonds. The van der Waals surface area contributed by atoms with E-state index in [0.717, 1.165) is 5.69 Å².